The third-order valence-electron chi connectivity index (χ3n) is 2.01. The molecule has 0 spiro atoms. The van der Waals surface area contributed by atoms with E-state index in [0.29, 0.717) is 6.42 Å². The number of halogens is 1. The van der Waals surface area contributed by atoms with Crippen LogP contribution in [0.25, 0.3) is 0 Å². The molecule has 1 aromatic rings. The lowest BCUT2D eigenvalue weighted by Crippen LogP contribution is -2.17. The van der Waals surface area contributed by atoms with E-state index in [1.165, 1.54) is 0 Å². The van der Waals surface area contributed by atoms with E-state index in [0.717, 1.165) is 15.9 Å². The van der Waals surface area contributed by atoms with E-state index in [-0.39, 0.29) is 11.5 Å². The maximum absolute atomic E-state index is 11.2. The van der Waals surface area contributed by atoms with Gasteiger partial charge in [-0.2, -0.15) is 0 Å². The number of rotatable bonds is 0. The van der Waals surface area contributed by atoms with Gasteiger partial charge in [-0.1, -0.05) is 0 Å². The average molecular weight is 250 g/mol. The molecule has 0 aromatic carbocycles. The summed E-state index contributed by atoms with van der Waals surface area (Å²) < 4.78 is 23.2. The van der Waals surface area contributed by atoms with Crippen LogP contribution in [0.15, 0.2) is 10.7 Å². The monoisotopic (exact) mass is 249 g/mol. The Labute approximate surface area is 79.2 Å². The van der Waals surface area contributed by atoms with Crippen LogP contribution >= 0.6 is 15.9 Å². The Balaban J connectivity index is 2.47. The van der Waals surface area contributed by atoms with Crippen molar-refractivity contribution in [2.75, 3.05) is 5.75 Å². The van der Waals surface area contributed by atoms with Crippen LogP contribution in [-0.2, 0) is 22.0 Å². The minimum absolute atomic E-state index is 0.161. The molecule has 1 N–H and O–H groups in total. The van der Waals surface area contributed by atoms with Crippen LogP contribution in [0.4, 0.5) is 0 Å². The van der Waals surface area contributed by atoms with Crippen molar-refractivity contribution in [3.63, 3.8) is 0 Å². The third-order valence-corrected chi connectivity index (χ3v) is 3.99. The SMILES string of the molecule is O=S1(=O)CCc2cc(Br)[nH]c2C1. The summed E-state index contributed by atoms with van der Waals surface area (Å²) in [6.45, 7) is 0. The fourth-order valence-corrected chi connectivity index (χ4v) is 3.30. The van der Waals surface area contributed by atoms with Gasteiger partial charge in [-0.05, 0) is 34.0 Å². The molecule has 1 aliphatic heterocycles. The lowest BCUT2D eigenvalue weighted by molar-refractivity contribution is 0.591. The van der Waals surface area contributed by atoms with E-state index in [2.05, 4.69) is 20.9 Å². The number of hydrogen-bond donors (Lipinski definition) is 1. The summed E-state index contributed by atoms with van der Waals surface area (Å²) in [7, 11) is -2.83. The smallest absolute Gasteiger partial charge is 0.156 e. The quantitative estimate of drug-likeness (QED) is 0.753. The van der Waals surface area contributed by atoms with Crippen LogP contribution in [0.3, 0.4) is 0 Å². The van der Waals surface area contributed by atoms with E-state index in [1.54, 1.807) is 0 Å². The lowest BCUT2D eigenvalue weighted by Gasteiger charge is -2.10. The van der Waals surface area contributed by atoms with Gasteiger partial charge >= 0.3 is 0 Å². The molecule has 1 aromatic heterocycles. The Morgan fingerprint density at radius 3 is 3.00 bits per heavy atom. The first-order chi connectivity index (χ1) is 5.57. The van der Waals surface area contributed by atoms with Gasteiger partial charge in [0.1, 0.15) is 0 Å². The zero-order chi connectivity index (χ0) is 8.77. The van der Waals surface area contributed by atoms with Crippen LogP contribution in [0.1, 0.15) is 11.3 Å². The fraction of sp³-hybridized carbons (Fsp3) is 0.429. The van der Waals surface area contributed by atoms with E-state index in [1.807, 2.05) is 6.07 Å². The van der Waals surface area contributed by atoms with Gasteiger partial charge < -0.3 is 4.98 Å². The number of sulfone groups is 1. The molecule has 66 valence electrons. The normalized spacial score (nSPS) is 20.4. The van der Waals surface area contributed by atoms with Crippen molar-refractivity contribution in [2.24, 2.45) is 0 Å². The molecule has 0 bridgehead atoms. The molecule has 0 radical (unpaired) electrons. The average Bonchev–Trinajstić information content (AvgIpc) is 2.26. The highest BCUT2D eigenvalue weighted by atomic mass is 79.9. The fourth-order valence-electron chi connectivity index (χ4n) is 1.41. The molecule has 3 nitrogen and oxygen atoms in total. The number of H-pyrrole nitrogens is 1. The first kappa shape index (κ1) is 8.31. The van der Waals surface area contributed by atoms with Crippen molar-refractivity contribution in [1.82, 2.24) is 4.98 Å². The zero-order valence-electron chi connectivity index (χ0n) is 6.30. The van der Waals surface area contributed by atoms with Gasteiger partial charge in [0.15, 0.2) is 9.84 Å². The Morgan fingerprint density at radius 1 is 1.50 bits per heavy atom. The molecule has 2 heterocycles. The molecule has 0 fully saturated rings. The molecule has 5 heteroatoms. The van der Waals surface area contributed by atoms with Crippen LogP contribution in [0.5, 0.6) is 0 Å². The third kappa shape index (κ3) is 1.43. The van der Waals surface area contributed by atoms with Gasteiger partial charge in [0.05, 0.1) is 16.1 Å². The minimum atomic E-state index is -2.83. The summed E-state index contributed by atoms with van der Waals surface area (Å²) >= 11 is 3.28. The molecule has 0 aliphatic carbocycles. The molecular weight excluding hydrogens is 242 g/mol. The van der Waals surface area contributed by atoms with Gasteiger partial charge in [-0.25, -0.2) is 8.42 Å². The summed E-state index contributed by atoms with van der Waals surface area (Å²) in [5, 5.41) is 0. The highest BCUT2D eigenvalue weighted by molar-refractivity contribution is 9.10. The van der Waals surface area contributed by atoms with Crippen molar-refractivity contribution in [3.05, 3.63) is 21.9 Å². The van der Waals surface area contributed by atoms with Gasteiger partial charge in [0, 0.05) is 5.69 Å². The second-order valence-corrected chi connectivity index (χ2v) is 6.00. The molecule has 0 unspecified atom stereocenters. The number of hydrogen-bond acceptors (Lipinski definition) is 2. The largest absolute Gasteiger partial charge is 0.352 e. The topological polar surface area (TPSA) is 49.9 Å². The Hall–Kier alpha value is -0.290. The maximum Gasteiger partial charge on any atom is 0.156 e. The summed E-state index contributed by atoms with van der Waals surface area (Å²) in [6, 6.07) is 1.95. The van der Waals surface area contributed by atoms with Crippen molar-refractivity contribution in [3.8, 4) is 0 Å². The predicted octanol–water partition coefficient (Wildman–Crippen LogP) is 1.25. The second kappa shape index (κ2) is 2.60. The van der Waals surface area contributed by atoms with Crippen LogP contribution in [0, 0.1) is 0 Å². The molecule has 0 saturated carbocycles. The predicted molar refractivity (Wildman–Crippen MR) is 49.7 cm³/mol. The Bertz CT molecular complexity index is 407. The summed E-state index contributed by atoms with van der Waals surface area (Å²) in [4.78, 5) is 2.99. The van der Waals surface area contributed by atoms with Crippen molar-refractivity contribution < 1.29 is 8.42 Å². The highest BCUT2D eigenvalue weighted by Crippen LogP contribution is 2.23. The van der Waals surface area contributed by atoms with E-state index in [9.17, 15) is 8.42 Å². The van der Waals surface area contributed by atoms with E-state index < -0.39 is 9.84 Å². The van der Waals surface area contributed by atoms with Gasteiger partial charge in [0.25, 0.3) is 0 Å². The highest BCUT2D eigenvalue weighted by Gasteiger charge is 2.22. The summed E-state index contributed by atoms with van der Waals surface area (Å²) in [5.74, 6) is 0.443. The minimum Gasteiger partial charge on any atom is -0.352 e. The standard InChI is InChI=1S/C7H8BrNO2S/c8-7-3-5-1-2-12(10,11)4-6(5)9-7/h3,9H,1-2,4H2. The number of fused-ring (bicyclic) bond motifs is 1. The van der Waals surface area contributed by atoms with Gasteiger partial charge in [0.2, 0.25) is 0 Å². The van der Waals surface area contributed by atoms with Crippen LogP contribution in [-0.4, -0.2) is 19.2 Å². The molecular formula is C7H8BrNO2S. The van der Waals surface area contributed by atoms with Gasteiger partial charge in [-0.3, -0.25) is 0 Å². The molecule has 2 rings (SSSR count). The lowest BCUT2D eigenvalue weighted by atomic mass is 10.2. The second-order valence-electron chi connectivity index (χ2n) is 2.96. The van der Waals surface area contributed by atoms with Crippen LogP contribution in [0.2, 0.25) is 0 Å². The van der Waals surface area contributed by atoms with Crippen LogP contribution < -0.4 is 0 Å². The Kier molecular flexibility index (Phi) is 1.80. The number of aromatic amines is 1. The van der Waals surface area contributed by atoms with Gasteiger partial charge in [-0.15, -0.1) is 0 Å². The first-order valence-corrected chi connectivity index (χ1v) is 6.25. The molecule has 12 heavy (non-hydrogen) atoms. The molecule has 0 atom stereocenters. The summed E-state index contributed by atoms with van der Waals surface area (Å²) in [6.07, 6.45) is 0.639. The number of nitrogens with one attached hydrogen (secondary N) is 1. The van der Waals surface area contributed by atoms with E-state index in [4.69, 9.17) is 0 Å². The maximum atomic E-state index is 11.2. The summed E-state index contributed by atoms with van der Waals surface area (Å²) in [5.41, 5.74) is 1.96. The molecule has 0 amide bonds. The zero-order valence-corrected chi connectivity index (χ0v) is 8.70. The molecule has 0 saturated heterocycles. The van der Waals surface area contributed by atoms with Crippen molar-refractivity contribution in [1.29, 1.82) is 0 Å². The molecule has 1 aliphatic rings. The Morgan fingerprint density at radius 2 is 2.25 bits per heavy atom. The first-order valence-electron chi connectivity index (χ1n) is 3.63. The van der Waals surface area contributed by atoms with Crippen molar-refractivity contribution in [2.45, 2.75) is 12.2 Å². The number of aromatic nitrogens is 1. The van der Waals surface area contributed by atoms with Crippen molar-refractivity contribution >= 4 is 25.8 Å². The number of aryl methyl sites for hydroxylation is 1. The van der Waals surface area contributed by atoms with E-state index >= 15 is 0 Å².